The molecular formula is C69H116NO8P. The number of carbonyl (C=O) groups excluding carboxylic acids is 2. The lowest BCUT2D eigenvalue weighted by Gasteiger charge is -2.19. The van der Waals surface area contributed by atoms with E-state index < -0.39 is 32.5 Å². The first-order chi connectivity index (χ1) is 38.8. The number of hydrogen-bond acceptors (Lipinski definition) is 8. The largest absolute Gasteiger partial charge is 0.472 e. The Morgan fingerprint density at radius 2 is 0.696 bits per heavy atom. The van der Waals surface area contributed by atoms with E-state index in [1.807, 2.05) is 0 Å². The minimum absolute atomic E-state index is 0.0394. The number of phosphoric ester groups is 1. The van der Waals surface area contributed by atoms with E-state index in [0.717, 1.165) is 96.3 Å². The maximum Gasteiger partial charge on any atom is 0.472 e. The van der Waals surface area contributed by atoms with Crippen LogP contribution in [0.3, 0.4) is 0 Å². The number of hydrogen-bond donors (Lipinski definition) is 2. The molecule has 2 unspecified atom stereocenters. The zero-order valence-electron chi connectivity index (χ0n) is 50.3. The third-order valence-electron chi connectivity index (χ3n) is 13.0. The van der Waals surface area contributed by atoms with Crippen molar-refractivity contribution in [2.45, 2.75) is 264 Å². The normalized spacial score (nSPS) is 13.9. The Labute approximate surface area is 484 Å². The predicted octanol–water partition coefficient (Wildman–Crippen LogP) is 20.5. The number of phosphoric acid groups is 1. The second kappa shape index (κ2) is 63.3. The molecule has 0 rings (SSSR count). The van der Waals surface area contributed by atoms with Gasteiger partial charge in [-0.05, 0) is 116 Å². The van der Waals surface area contributed by atoms with Gasteiger partial charge in [-0.3, -0.25) is 18.6 Å². The van der Waals surface area contributed by atoms with Crippen molar-refractivity contribution in [3.8, 4) is 0 Å². The van der Waals surface area contributed by atoms with Crippen LogP contribution in [0.25, 0.3) is 0 Å². The summed E-state index contributed by atoms with van der Waals surface area (Å²) in [6, 6.07) is 0. The van der Waals surface area contributed by atoms with Gasteiger partial charge in [0.2, 0.25) is 0 Å². The van der Waals surface area contributed by atoms with Gasteiger partial charge in [0, 0.05) is 19.4 Å². The van der Waals surface area contributed by atoms with Crippen LogP contribution in [-0.2, 0) is 32.7 Å². The third kappa shape index (κ3) is 63.2. The highest BCUT2D eigenvalue weighted by Gasteiger charge is 2.26. The van der Waals surface area contributed by atoms with Crippen molar-refractivity contribution < 1.29 is 37.6 Å². The molecule has 0 aromatic heterocycles. The summed E-state index contributed by atoms with van der Waals surface area (Å²) in [4.78, 5) is 35.3. The Kier molecular flexibility index (Phi) is 60.2. The van der Waals surface area contributed by atoms with E-state index in [4.69, 9.17) is 24.3 Å². The maximum absolute atomic E-state index is 12.7. The summed E-state index contributed by atoms with van der Waals surface area (Å²) in [5, 5.41) is 0. The molecule has 0 amide bonds. The fourth-order valence-corrected chi connectivity index (χ4v) is 9.13. The molecule has 0 fully saturated rings. The molecule has 0 saturated carbocycles. The molecule has 450 valence electrons. The Bertz CT molecular complexity index is 1750. The fraction of sp³-hybridized carbons (Fsp3) is 0.652. The van der Waals surface area contributed by atoms with Crippen LogP contribution in [0.2, 0.25) is 0 Å². The summed E-state index contributed by atoms with van der Waals surface area (Å²) in [5.74, 6) is -0.883. The molecule has 0 aliphatic heterocycles. The van der Waals surface area contributed by atoms with Gasteiger partial charge >= 0.3 is 19.8 Å². The van der Waals surface area contributed by atoms with Crippen LogP contribution >= 0.6 is 7.82 Å². The second-order valence-corrected chi connectivity index (χ2v) is 22.0. The molecule has 3 N–H and O–H groups in total. The Hall–Kier alpha value is -3.85. The van der Waals surface area contributed by atoms with Crippen LogP contribution in [0.5, 0.6) is 0 Å². The molecule has 0 heterocycles. The van der Waals surface area contributed by atoms with Crippen molar-refractivity contribution in [1.29, 1.82) is 0 Å². The number of ether oxygens (including phenoxy) is 2. The third-order valence-corrected chi connectivity index (χ3v) is 14.0. The fourth-order valence-electron chi connectivity index (χ4n) is 8.36. The molecule has 0 radical (unpaired) electrons. The summed E-state index contributed by atoms with van der Waals surface area (Å²) in [6.07, 6.45) is 89.5. The minimum Gasteiger partial charge on any atom is -0.462 e. The van der Waals surface area contributed by atoms with Gasteiger partial charge < -0.3 is 20.1 Å². The molecule has 0 saturated heterocycles. The molecule has 9 nitrogen and oxygen atoms in total. The van der Waals surface area contributed by atoms with Gasteiger partial charge in [-0.1, -0.05) is 263 Å². The monoisotopic (exact) mass is 1120 g/mol. The summed E-state index contributed by atoms with van der Waals surface area (Å²) in [7, 11) is -4.41. The summed E-state index contributed by atoms with van der Waals surface area (Å²) >= 11 is 0. The number of unbranched alkanes of at least 4 members (excludes halogenated alkanes) is 23. The number of rotatable bonds is 58. The summed E-state index contributed by atoms with van der Waals surface area (Å²) in [5.41, 5.74) is 5.39. The summed E-state index contributed by atoms with van der Waals surface area (Å²) in [6.45, 7) is 3.57. The van der Waals surface area contributed by atoms with Gasteiger partial charge in [0.1, 0.15) is 6.61 Å². The molecule has 79 heavy (non-hydrogen) atoms. The average Bonchev–Trinajstić information content (AvgIpc) is 3.44. The van der Waals surface area contributed by atoms with Crippen LogP contribution in [-0.4, -0.2) is 49.3 Å². The number of carbonyl (C=O) groups is 2. The highest BCUT2D eigenvalue weighted by Crippen LogP contribution is 2.43. The topological polar surface area (TPSA) is 134 Å². The van der Waals surface area contributed by atoms with E-state index >= 15 is 0 Å². The first-order valence-electron chi connectivity index (χ1n) is 31.7. The van der Waals surface area contributed by atoms with Gasteiger partial charge in [-0.25, -0.2) is 4.57 Å². The predicted molar refractivity (Wildman–Crippen MR) is 339 cm³/mol. The lowest BCUT2D eigenvalue weighted by Crippen LogP contribution is -2.29. The first kappa shape index (κ1) is 75.2. The van der Waals surface area contributed by atoms with E-state index in [-0.39, 0.29) is 32.6 Å². The highest BCUT2D eigenvalue weighted by atomic mass is 31.2. The standard InChI is InChI=1S/C69H116NO8P/c1-3-5-7-9-11-13-15-17-19-21-23-25-27-29-31-32-33-34-36-37-39-41-43-45-47-49-51-53-55-57-59-61-68(71)75-65-67(66-77-79(73,74)76-64-63-70)78-69(72)62-60-58-56-54-52-50-48-46-44-42-40-38-35-30-28-26-24-22-20-18-16-14-12-10-8-6-4-2/h6,8,12,14-15,17-18,20-21,23-24,26-27,29-30,35,40,42,46,48,52,54,67H,3-5,7,9-11,13,16,19,22,25,28,31-34,36-39,41,43-45,47,49-51,53,55-66,70H2,1-2H3,(H,73,74)/b8-6-,14-12-,17-15-,20-18-,23-21-,26-24-,29-27-,35-30-,42-40-,48-46-,54-52-. The number of nitrogens with two attached hydrogens (primary N) is 1. The van der Waals surface area contributed by atoms with Gasteiger partial charge in [-0.2, -0.15) is 0 Å². The van der Waals surface area contributed by atoms with Crippen molar-refractivity contribution >= 4 is 19.8 Å². The zero-order valence-corrected chi connectivity index (χ0v) is 51.2. The maximum atomic E-state index is 12.7. The molecular weight excluding hydrogens is 1000 g/mol. The quantitative estimate of drug-likeness (QED) is 0.0264. The van der Waals surface area contributed by atoms with Crippen LogP contribution in [0.1, 0.15) is 258 Å². The number of allylic oxidation sites excluding steroid dienone is 22. The van der Waals surface area contributed by atoms with Gasteiger partial charge in [-0.15, -0.1) is 0 Å². The van der Waals surface area contributed by atoms with E-state index in [9.17, 15) is 19.0 Å². The van der Waals surface area contributed by atoms with E-state index in [1.54, 1.807) is 0 Å². The minimum atomic E-state index is -4.41. The molecule has 0 bridgehead atoms. The van der Waals surface area contributed by atoms with E-state index in [1.165, 1.54) is 128 Å². The first-order valence-corrected chi connectivity index (χ1v) is 33.2. The van der Waals surface area contributed by atoms with Gasteiger partial charge in [0.25, 0.3) is 0 Å². The molecule has 2 atom stereocenters. The Morgan fingerprint density at radius 3 is 1.06 bits per heavy atom. The van der Waals surface area contributed by atoms with Crippen LogP contribution in [0.15, 0.2) is 134 Å². The smallest absolute Gasteiger partial charge is 0.462 e. The van der Waals surface area contributed by atoms with Crippen molar-refractivity contribution in [3.63, 3.8) is 0 Å². The van der Waals surface area contributed by atoms with Crippen molar-refractivity contribution in [3.05, 3.63) is 134 Å². The lowest BCUT2D eigenvalue weighted by atomic mass is 10.0. The molecule has 10 heteroatoms. The number of esters is 2. The van der Waals surface area contributed by atoms with E-state index in [0.29, 0.717) is 6.42 Å². The van der Waals surface area contributed by atoms with Crippen molar-refractivity contribution in [1.82, 2.24) is 0 Å². The second-order valence-electron chi connectivity index (χ2n) is 20.5. The molecule has 0 aromatic rings. The van der Waals surface area contributed by atoms with Crippen molar-refractivity contribution in [2.75, 3.05) is 26.4 Å². The molecule has 0 aliphatic carbocycles. The SMILES string of the molecule is CC/C=C\C/C=C\C/C=C\C/C=C\C/C=C\C/C=C\C/C=C\C/C=C\CCCCC(=O)OC(COC(=O)CCCCCCCCCCCCCCCCCC/C=C\C/C=C\C/C=C\CCCCCCC)COP(=O)(O)OCCN. The zero-order chi connectivity index (χ0) is 57.3. The Balaban J connectivity index is 4.03. The molecule has 0 spiro atoms. The van der Waals surface area contributed by atoms with Crippen LogP contribution in [0, 0.1) is 0 Å². The van der Waals surface area contributed by atoms with Gasteiger partial charge in [0.05, 0.1) is 13.2 Å². The van der Waals surface area contributed by atoms with E-state index in [2.05, 4.69) is 148 Å². The average molecular weight is 1120 g/mol. The van der Waals surface area contributed by atoms with Crippen LogP contribution in [0.4, 0.5) is 0 Å². The van der Waals surface area contributed by atoms with Crippen molar-refractivity contribution in [2.24, 2.45) is 5.73 Å². The highest BCUT2D eigenvalue weighted by molar-refractivity contribution is 7.47. The summed E-state index contributed by atoms with van der Waals surface area (Å²) < 4.78 is 33.0. The van der Waals surface area contributed by atoms with Crippen LogP contribution < -0.4 is 5.73 Å². The molecule has 0 aliphatic rings. The molecule has 0 aromatic carbocycles. The Morgan fingerprint density at radius 1 is 0.392 bits per heavy atom. The lowest BCUT2D eigenvalue weighted by molar-refractivity contribution is -0.161. The van der Waals surface area contributed by atoms with Gasteiger partial charge in [0.15, 0.2) is 6.10 Å².